The maximum Gasteiger partial charge on any atom is 0.0141 e. The Bertz CT molecular complexity index is 242. The zero-order valence-corrected chi connectivity index (χ0v) is 15.4. The lowest BCUT2D eigenvalue weighted by molar-refractivity contribution is 0.588. The van der Waals surface area contributed by atoms with Crippen LogP contribution in [0.15, 0.2) is 24.4 Å². The number of unbranched alkanes of at least 4 members (excludes halogenated alkanes) is 12. The Labute approximate surface area is 140 Å². The van der Waals surface area contributed by atoms with E-state index >= 15 is 0 Å². The normalized spacial score (nSPS) is 11.7. The van der Waals surface area contributed by atoms with Crippen molar-refractivity contribution in [3.63, 3.8) is 0 Å². The van der Waals surface area contributed by atoms with Crippen LogP contribution >= 0.6 is 0 Å². The highest BCUT2D eigenvalue weighted by molar-refractivity contribution is 4.81. The Morgan fingerprint density at radius 2 is 1.14 bits per heavy atom. The van der Waals surface area contributed by atoms with Gasteiger partial charge in [-0.3, -0.25) is 0 Å². The Morgan fingerprint density at radius 3 is 1.68 bits per heavy atom. The third-order valence-corrected chi connectivity index (χ3v) is 4.12. The average molecular weight is 308 g/mol. The molecule has 0 aliphatic heterocycles. The second-order valence-corrected chi connectivity index (χ2v) is 6.39. The molecule has 130 valence electrons. The minimum atomic E-state index is 1.13. The summed E-state index contributed by atoms with van der Waals surface area (Å²) in [6, 6.07) is 0. The highest BCUT2D eigenvalue weighted by Gasteiger charge is 1.91. The molecule has 1 heteroatoms. The van der Waals surface area contributed by atoms with Crippen molar-refractivity contribution in [3.05, 3.63) is 24.4 Å². The van der Waals surface area contributed by atoms with Gasteiger partial charge in [-0.05, 0) is 45.2 Å². The van der Waals surface area contributed by atoms with E-state index in [2.05, 4.69) is 37.4 Å². The van der Waals surface area contributed by atoms with Gasteiger partial charge in [-0.2, -0.15) is 0 Å². The van der Waals surface area contributed by atoms with Gasteiger partial charge in [-0.15, -0.1) is 0 Å². The number of hydrogen-bond donors (Lipinski definition) is 1. The zero-order valence-electron chi connectivity index (χ0n) is 15.4. The smallest absolute Gasteiger partial charge is 0.0141 e. The molecule has 0 saturated carbocycles. The molecule has 0 saturated heterocycles. The summed E-state index contributed by atoms with van der Waals surface area (Å²) < 4.78 is 0. The molecule has 0 bridgehead atoms. The molecule has 0 aromatic rings. The molecule has 0 amide bonds. The lowest BCUT2D eigenvalue weighted by Crippen LogP contribution is -2.05. The standard InChI is InChI=1S/C21H41N/c1-3-5-6-7-8-9-10-11-12-13-14-15-16-17-18-19-21-22-20-4-2/h4,11-12,20,22H,3,5-10,13-19,21H2,1-2H3/b12-11-,20-4?. The number of rotatable bonds is 17. The van der Waals surface area contributed by atoms with Crippen molar-refractivity contribution in [3.8, 4) is 0 Å². The second kappa shape index (κ2) is 20.3. The number of nitrogens with one attached hydrogen (secondary N) is 1. The van der Waals surface area contributed by atoms with Crippen molar-refractivity contribution in [2.24, 2.45) is 0 Å². The molecule has 0 aliphatic carbocycles. The maximum absolute atomic E-state index is 3.29. The van der Waals surface area contributed by atoms with E-state index in [-0.39, 0.29) is 0 Å². The molecule has 0 radical (unpaired) electrons. The fourth-order valence-electron chi connectivity index (χ4n) is 2.68. The maximum atomic E-state index is 3.29. The van der Waals surface area contributed by atoms with Gasteiger partial charge in [0.05, 0.1) is 0 Å². The van der Waals surface area contributed by atoms with Gasteiger partial charge < -0.3 is 5.32 Å². The van der Waals surface area contributed by atoms with Gasteiger partial charge in [0.2, 0.25) is 0 Å². The van der Waals surface area contributed by atoms with Crippen molar-refractivity contribution >= 4 is 0 Å². The van der Waals surface area contributed by atoms with E-state index in [1.807, 2.05) is 6.20 Å². The van der Waals surface area contributed by atoms with E-state index in [1.165, 1.54) is 89.9 Å². The molecular formula is C21H41N. The van der Waals surface area contributed by atoms with Crippen LogP contribution in [0.3, 0.4) is 0 Å². The molecule has 0 aromatic carbocycles. The largest absolute Gasteiger partial charge is 0.391 e. The van der Waals surface area contributed by atoms with Crippen LogP contribution in [-0.2, 0) is 0 Å². The summed E-state index contributed by atoms with van der Waals surface area (Å²) in [6.07, 6.45) is 28.2. The molecule has 0 unspecified atom stereocenters. The van der Waals surface area contributed by atoms with Crippen LogP contribution in [0.2, 0.25) is 0 Å². The van der Waals surface area contributed by atoms with Crippen LogP contribution in [0, 0.1) is 0 Å². The van der Waals surface area contributed by atoms with Crippen LogP contribution in [0.5, 0.6) is 0 Å². The van der Waals surface area contributed by atoms with Gasteiger partial charge in [-0.25, -0.2) is 0 Å². The molecule has 0 heterocycles. The zero-order chi connectivity index (χ0) is 16.1. The average Bonchev–Trinajstić information content (AvgIpc) is 2.54. The summed E-state index contributed by atoms with van der Waals surface area (Å²) in [4.78, 5) is 0. The fraction of sp³-hybridized carbons (Fsp3) is 0.810. The van der Waals surface area contributed by atoms with Crippen LogP contribution < -0.4 is 5.32 Å². The van der Waals surface area contributed by atoms with Crippen molar-refractivity contribution in [1.29, 1.82) is 0 Å². The lowest BCUT2D eigenvalue weighted by Gasteiger charge is -2.01. The molecule has 1 N–H and O–H groups in total. The van der Waals surface area contributed by atoms with Crippen LogP contribution in [-0.4, -0.2) is 6.54 Å². The van der Waals surface area contributed by atoms with Crippen molar-refractivity contribution in [2.75, 3.05) is 6.54 Å². The summed E-state index contributed by atoms with van der Waals surface area (Å²) in [5.74, 6) is 0. The van der Waals surface area contributed by atoms with E-state index in [4.69, 9.17) is 0 Å². The monoisotopic (exact) mass is 307 g/mol. The Balaban J connectivity index is 3.05. The van der Waals surface area contributed by atoms with Crippen LogP contribution in [0.1, 0.15) is 104 Å². The van der Waals surface area contributed by atoms with Crippen molar-refractivity contribution < 1.29 is 0 Å². The Hall–Kier alpha value is -0.720. The lowest BCUT2D eigenvalue weighted by atomic mass is 10.1. The van der Waals surface area contributed by atoms with E-state index in [0.29, 0.717) is 0 Å². The first-order valence-corrected chi connectivity index (χ1v) is 9.91. The first kappa shape index (κ1) is 21.3. The number of allylic oxidation sites excluding steroid dienone is 3. The first-order chi connectivity index (χ1) is 10.9. The molecule has 0 atom stereocenters. The first-order valence-electron chi connectivity index (χ1n) is 9.91. The molecule has 1 nitrogen and oxygen atoms in total. The molecule has 0 aromatic heterocycles. The van der Waals surface area contributed by atoms with E-state index in [9.17, 15) is 0 Å². The van der Waals surface area contributed by atoms with E-state index in [0.717, 1.165) is 6.54 Å². The highest BCUT2D eigenvalue weighted by Crippen LogP contribution is 2.09. The number of hydrogen-bond acceptors (Lipinski definition) is 1. The summed E-state index contributed by atoms with van der Waals surface area (Å²) in [5, 5.41) is 3.29. The van der Waals surface area contributed by atoms with Gasteiger partial charge in [0, 0.05) is 6.54 Å². The molecule has 0 spiro atoms. The Morgan fingerprint density at radius 1 is 0.636 bits per heavy atom. The third kappa shape index (κ3) is 19.3. The minimum Gasteiger partial charge on any atom is -0.391 e. The quantitative estimate of drug-likeness (QED) is 0.222. The van der Waals surface area contributed by atoms with Gasteiger partial charge in [0.1, 0.15) is 0 Å². The highest BCUT2D eigenvalue weighted by atomic mass is 14.8. The summed E-state index contributed by atoms with van der Waals surface area (Å²) in [7, 11) is 0. The van der Waals surface area contributed by atoms with Gasteiger partial charge in [0.15, 0.2) is 0 Å². The van der Waals surface area contributed by atoms with Gasteiger partial charge in [-0.1, -0.05) is 82.9 Å². The topological polar surface area (TPSA) is 12.0 Å². The predicted octanol–water partition coefficient (Wildman–Crippen LogP) is 7.15. The third-order valence-electron chi connectivity index (χ3n) is 4.12. The fourth-order valence-corrected chi connectivity index (χ4v) is 2.68. The molecule has 0 fully saturated rings. The van der Waals surface area contributed by atoms with Crippen molar-refractivity contribution in [1.82, 2.24) is 5.32 Å². The molecular weight excluding hydrogens is 266 g/mol. The molecule has 0 aliphatic rings. The minimum absolute atomic E-state index is 1.13. The van der Waals surface area contributed by atoms with E-state index in [1.54, 1.807) is 0 Å². The summed E-state index contributed by atoms with van der Waals surface area (Å²) in [6.45, 7) is 5.46. The molecule has 22 heavy (non-hydrogen) atoms. The van der Waals surface area contributed by atoms with Crippen LogP contribution in [0.4, 0.5) is 0 Å². The van der Waals surface area contributed by atoms with Gasteiger partial charge in [0.25, 0.3) is 0 Å². The Kier molecular flexibility index (Phi) is 19.6. The van der Waals surface area contributed by atoms with E-state index < -0.39 is 0 Å². The predicted molar refractivity (Wildman–Crippen MR) is 102 cm³/mol. The molecule has 0 rings (SSSR count). The second-order valence-electron chi connectivity index (χ2n) is 6.39. The summed E-state index contributed by atoms with van der Waals surface area (Å²) in [5.41, 5.74) is 0. The van der Waals surface area contributed by atoms with Crippen molar-refractivity contribution in [2.45, 2.75) is 104 Å². The van der Waals surface area contributed by atoms with Crippen LogP contribution in [0.25, 0.3) is 0 Å². The summed E-state index contributed by atoms with van der Waals surface area (Å²) >= 11 is 0. The SMILES string of the molecule is CC=CNCCCCCCCC/C=C\CCCCCCCC. The van der Waals surface area contributed by atoms with Gasteiger partial charge >= 0.3 is 0 Å².